The van der Waals surface area contributed by atoms with E-state index in [0.717, 1.165) is 0 Å². The van der Waals surface area contributed by atoms with Gasteiger partial charge in [0.15, 0.2) is 0 Å². The highest BCUT2D eigenvalue weighted by Crippen LogP contribution is 2.16. The molecule has 0 bridgehead atoms. The molecule has 0 aliphatic carbocycles. The van der Waals surface area contributed by atoms with E-state index >= 15 is 28.8 Å². The minimum absolute atomic E-state index is 0.00553. The third-order valence-corrected chi connectivity index (χ3v) is 19.3. The molecule has 0 saturated carbocycles. The van der Waals surface area contributed by atoms with Crippen LogP contribution in [0.25, 0.3) is 0 Å². The molecule has 123 heavy (non-hydrogen) atoms. The van der Waals surface area contributed by atoms with E-state index in [2.05, 4.69) is 74.4 Å². The number of aliphatic hydroxyl groups is 2. The van der Waals surface area contributed by atoms with Gasteiger partial charge in [-0.1, -0.05) is 196 Å². The highest BCUT2D eigenvalue weighted by atomic mass is 16.6. The van der Waals surface area contributed by atoms with Crippen LogP contribution in [0.4, 0.5) is 24.0 Å². The monoisotopic (exact) mass is 1700 g/mol. The molecule has 14 amide bonds. The van der Waals surface area contributed by atoms with Crippen molar-refractivity contribution in [3.63, 3.8) is 0 Å². The molecule has 1 aliphatic rings. The standard InChI is InChI=1S/C88H114N14O21/c1-57(2)50-71-80(110)97-67(41-24-46-90-84(114)119-52-61-30-13-6-14-31-61)76(106)96-70(44-27-49-93-87(117)122-55-64-36-19-9-20-37-64)79(109)101-73(58(3)103)82(112)89-45-23-40-66(75(105)95-68(42-25-47-91-85(115)120-53-62-32-15-7-16-33-62)78(108)100-72(81(111)99-71)51-60-28-11-5-12-29-60)94-77(107)69(43-26-48-92-86(116)121-54-63-34-17-8-18-35-63)98-83(113)74(59(4)104)102-88(118)123-56-65-38-21-10-22-39-65/h5-22,28-39,57-59,66-74,103-104H,23-27,40-56H2,1-4H3,(H,89,112)(H,90,114)(H,91,115)(H,92,116)(H,93,117)(H,94,107)(H,95,105)(H,96,106)(H,97,110)(H,98,113)(H,99,111)(H,100,108)(H,101,109)(H,102,118)/t58-,59-,66+,67+,68+,69+,70+,71+,72-,73-,74+/m1/s1. The molecule has 11 atom stereocenters. The minimum atomic E-state index is -1.78. The van der Waals surface area contributed by atoms with Crippen molar-refractivity contribution >= 4 is 83.6 Å². The number of carbonyl (C=O) groups excluding carboxylic acids is 14. The van der Waals surface area contributed by atoms with Gasteiger partial charge in [-0.3, -0.25) is 43.2 Å². The Labute approximate surface area is 714 Å². The van der Waals surface area contributed by atoms with E-state index in [1.807, 2.05) is 0 Å². The molecule has 16 N–H and O–H groups in total. The molecule has 0 radical (unpaired) electrons. The maximum atomic E-state index is 15.4. The van der Waals surface area contributed by atoms with E-state index in [1.165, 1.54) is 13.8 Å². The fourth-order valence-electron chi connectivity index (χ4n) is 12.7. The Morgan fingerprint density at radius 1 is 0.382 bits per heavy atom. The van der Waals surface area contributed by atoms with Gasteiger partial charge < -0.3 is 108 Å². The molecule has 7 rings (SSSR count). The number of benzene rings is 6. The van der Waals surface area contributed by atoms with Gasteiger partial charge in [0.2, 0.25) is 53.2 Å². The van der Waals surface area contributed by atoms with Crippen molar-refractivity contribution in [3.05, 3.63) is 215 Å². The number of hydrogen-bond donors (Lipinski definition) is 16. The number of amides is 14. The van der Waals surface area contributed by atoms with Crippen molar-refractivity contribution in [2.24, 2.45) is 5.92 Å². The molecule has 0 aromatic heterocycles. The fourth-order valence-corrected chi connectivity index (χ4v) is 12.7. The quantitative estimate of drug-likeness (QED) is 0.0181. The summed E-state index contributed by atoms with van der Waals surface area (Å²) in [5.74, 6) is -9.41. The van der Waals surface area contributed by atoms with Crippen molar-refractivity contribution in [1.82, 2.24) is 74.4 Å². The Kier molecular flexibility index (Phi) is 42.1. The van der Waals surface area contributed by atoms with Gasteiger partial charge in [-0.15, -0.1) is 0 Å². The third-order valence-electron chi connectivity index (χ3n) is 19.3. The predicted octanol–water partition coefficient (Wildman–Crippen LogP) is 4.95. The van der Waals surface area contributed by atoms with Gasteiger partial charge in [0, 0.05) is 39.1 Å². The van der Waals surface area contributed by atoms with Gasteiger partial charge in [-0.2, -0.15) is 0 Å². The summed E-state index contributed by atoms with van der Waals surface area (Å²) in [6.45, 7) is 4.44. The number of rotatable bonds is 37. The Balaban J connectivity index is 1.24. The molecule has 6 aromatic carbocycles. The van der Waals surface area contributed by atoms with Crippen LogP contribution in [0, 0.1) is 5.92 Å². The highest BCUT2D eigenvalue weighted by Gasteiger charge is 2.38. The summed E-state index contributed by atoms with van der Waals surface area (Å²) < 4.78 is 26.9. The summed E-state index contributed by atoms with van der Waals surface area (Å²) in [5.41, 5.74) is 3.87. The van der Waals surface area contributed by atoms with E-state index in [9.17, 15) is 48.6 Å². The lowest BCUT2D eigenvalue weighted by Gasteiger charge is -2.29. The van der Waals surface area contributed by atoms with Gasteiger partial charge in [0.25, 0.3) is 0 Å². The molecule has 1 aliphatic heterocycles. The molecule has 0 spiro atoms. The maximum Gasteiger partial charge on any atom is 0.408 e. The van der Waals surface area contributed by atoms with Crippen LogP contribution in [-0.4, -0.2) is 193 Å². The fraction of sp³-hybridized carbons (Fsp3) is 0.432. The second-order valence-corrected chi connectivity index (χ2v) is 29.9. The zero-order valence-corrected chi connectivity index (χ0v) is 69.5. The molecular formula is C88H114N14O21. The van der Waals surface area contributed by atoms with E-state index in [0.29, 0.717) is 33.4 Å². The lowest BCUT2D eigenvalue weighted by molar-refractivity contribution is -0.136. The SMILES string of the molecule is CC(C)C[C@@H]1NC(=O)[C@@H](Cc2ccccc2)NC(=O)[C@H](CCCNC(=O)OCc2ccccc2)NC(=O)[C@@H](NC(=O)[C@H](CCCNC(=O)OCc2ccccc2)NC(=O)[C@@H](NC(=O)OCc2ccccc2)[C@@H](C)O)CCCNC(=O)[C@@H]([C@@H](C)O)NC(=O)[C@H](CCCNC(=O)OCc2ccccc2)NC(=O)[C@H](CCCNC(=O)OCc2ccccc2)NC1=O. The number of ether oxygens (including phenoxy) is 5. The number of aliphatic hydroxyl groups excluding tert-OH is 2. The van der Waals surface area contributed by atoms with Crippen molar-refractivity contribution < 1.29 is 101 Å². The smallest absolute Gasteiger partial charge is 0.408 e. The van der Waals surface area contributed by atoms with Crippen LogP contribution < -0.4 is 74.4 Å². The molecule has 6 aromatic rings. The van der Waals surface area contributed by atoms with Crippen LogP contribution in [-0.2, 0) is 106 Å². The molecule has 35 heteroatoms. The Hall–Kier alpha value is -13.2. The first-order valence-corrected chi connectivity index (χ1v) is 41.1. The Bertz CT molecular complexity index is 4330. The van der Waals surface area contributed by atoms with Crippen molar-refractivity contribution in [2.75, 3.05) is 32.7 Å². The van der Waals surface area contributed by atoms with Crippen molar-refractivity contribution in [2.45, 2.75) is 204 Å². The zero-order chi connectivity index (χ0) is 88.7. The Morgan fingerprint density at radius 2 is 0.715 bits per heavy atom. The Morgan fingerprint density at radius 3 is 1.10 bits per heavy atom. The van der Waals surface area contributed by atoms with E-state index in [1.54, 1.807) is 196 Å². The molecule has 35 nitrogen and oxygen atoms in total. The molecule has 1 fully saturated rings. The van der Waals surface area contributed by atoms with E-state index in [4.69, 9.17) is 23.7 Å². The number of carbonyl (C=O) groups is 14. The van der Waals surface area contributed by atoms with E-state index in [-0.39, 0.29) is 142 Å². The largest absolute Gasteiger partial charge is 0.445 e. The van der Waals surface area contributed by atoms with Crippen LogP contribution in [0.2, 0.25) is 0 Å². The number of nitrogens with one attached hydrogen (secondary N) is 14. The minimum Gasteiger partial charge on any atom is -0.445 e. The van der Waals surface area contributed by atoms with Crippen LogP contribution in [0.15, 0.2) is 182 Å². The van der Waals surface area contributed by atoms with Gasteiger partial charge in [0.1, 0.15) is 87.4 Å². The number of hydrogen-bond acceptors (Lipinski definition) is 21. The first kappa shape index (κ1) is 96.9. The average Bonchev–Trinajstić information content (AvgIpc) is 0.849. The second-order valence-electron chi connectivity index (χ2n) is 29.9. The van der Waals surface area contributed by atoms with E-state index < -0.39 is 157 Å². The van der Waals surface area contributed by atoms with Crippen LogP contribution >= 0.6 is 0 Å². The molecule has 662 valence electrons. The summed E-state index contributed by atoms with van der Waals surface area (Å²) in [4.78, 5) is 200. The first-order chi connectivity index (χ1) is 59.3. The topological polar surface area (TPSA) is 494 Å². The predicted molar refractivity (Wildman–Crippen MR) is 450 cm³/mol. The summed E-state index contributed by atoms with van der Waals surface area (Å²) >= 11 is 0. The number of alkyl carbamates (subject to hydrolysis) is 5. The van der Waals surface area contributed by atoms with Crippen molar-refractivity contribution in [3.8, 4) is 0 Å². The van der Waals surface area contributed by atoms with Gasteiger partial charge >= 0.3 is 30.5 Å². The maximum absolute atomic E-state index is 15.4. The van der Waals surface area contributed by atoms with Crippen LogP contribution in [0.1, 0.15) is 132 Å². The highest BCUT2D eigenvalue weighted by molar-refractivity contribution is 5.99. The lowest BCUT2D eigenvalue weighted by atomic mass is 9.99. The first-order valence-electron chi connectivity index (χ1n) is 41.1. The molecule has 1 saturated heterocycles. The normalized spacial score (nSPS) is 18.5. The molecule has 0 unspecified atom stereocenters. The lowest BCUT2D eigenvalue weighted by Crippen LogP contribution is -2.61. The van der Waals surface area contributed by atoms with Crippen LogP contribution in [0.5, 0.6) is 0 Å². The summed E-state index contributed by atoms with van der Waals surface area (Å²) in [5, 5.41) is 59.1. The second kappa shape index (κ2) is 53.5. The summed E-state index contributed by atoms with van der Waals surface area (Å²) in [7, 11) is 0. The summed E-state index contributed by atoms with van der Waals surface area (Å²) in [6.07, 6.45) is -9.91. The molecular weight excluding hydrogens is 1590 g/mol. The summed E-state index contributed by atoms with van der Waals surface area (Å²) in [6, 6.07) is 37.5. The zero-order valence-electron chi connectivity index (χ0n) is 69.5. The van der Waals surface area contributed by atoms with Gasteiger partial charge in [-0.05, 0) is 124 Å². The van der Waals surface area contributed by atoms with Crippen molar-refractivity contribution in [1.29, 1.82) is 0 Å². The van der Waals surface area contributed by atoms with Gasteiger partial charge in [-0.25, -0.2) is 24.0 Å². The van der Waals surface area contributed by atoms with Crippen LogP contribution in [0.3, 0.4) is 0 Å². The van der Waals surface area contributed by atoms with Gasteiger partial charge in [0.05, 0.1) is 12.2 Å². The average molecular weight is 1700 g/mol. The molecule has 1 heterocycles. The third kappa shape index (κ3) is 37.2.